The number of rotatable bonds is 6. The Kier molecular flexibility index (Phi) is 6.21. The Morgan fingerprint density at radius 1 is 1.20 bits per heavy atom. The lowest BCUT2D eigenvalue weighted by molar-refractivity contribution is -0.274. The molecule has 0 bridgehead atoms. The van der Waals surface area contributed by atoms with Crippen LogP contribution in [0.1, 0.15) is 10.4 Å². The van der Waals surface area contributed by atoms with Crippen molar-refractivity contribution in [1.82, 2.24) is 19.9 Å². The predicted octanol–water partition coefficient (Wildman–Crippen LogP) is 3.97. The minimum Gasteiger partial charge on any atom is -0.406 e. The van der Waals surface area contributed by atoms with Gasteiger partial charge in [0.25, 0.3) is 5.91 Å². The van der Waals surface area contributed by atoms with Crippen LogP contribution in [0.4, 0.5) is 24.3 Å². The van der Waals surface area contributed by atoms with E-state index in [1.807, 2.05) is 0 Å². The van der Waals surface area contributed by atoms with Gasteiger partial charge < -0.3 is 29.4 Å². The van der Waals surface area contributed by atoms with Crippen molar-refractivity contribution < 1.29 is 32.2 Å². The van der Waals surface area contributed by atoms with Crippen LogP contribution in [0.15, 0.2) is 36.4 Å². The average Bonchev–Trinajstić information content (AvgIpc) is 3.36. The number of aromatic nitrogens is 3. The van der Waals surface area contributed by atoms with Crippen LogP contribution in [0, 0.1) is 0 Å². The van der Waals surface area contributed by atoms with Gasteiger partial charge in [-0.1, -0.05) is 11.3 Å². The number of carbonyl (C=O) groups is 1. The Morgan fingerprint density at radius 2 is 2.06 bits per heavy atom. The summed E-state index contributed by atoms with van der Waals surface area (Å²) in [4.78, 5) is 21.5. The number of nitrogens with one attached hydrogen (secondary N) is 2. The molecule has 35 heavy (non-hydrogen) atoms. The quantitative estimate of drug-likeness (QED) is 0.407. The number of ether oxygens (including phenoxy) is 3. The van der Waals surface area contributed by atoms with Gasteiger partial charge in [0.2, 0.25) is 5.95 Å². The number of benzene rings is 2. The van der Waals surface area contributed by atoms with Crippen LogP contribution in [-0.4, -0.2) is 59.3 Å². The molecule has 0 radical (unpaired) electrons. The van der Waals surface area contributed by atoms with Crippen LogP contribution >= 0.6 is 11.3 Å². The number of halogens is 3. The number of amides is 1. The Hall–Kier alpha value is -3.42. The summed E-state index contributed by atoms with van der Waals surface area (Å²) < 4.78 is 54.7. The molecule has 1 aliphatic rings. The van der Waals surface area contributed by atoms with Crippen molar-refractivity contribution in [3.8, 4) is 5.75 Å². The van der Waals surface area contributed by atoms with Crippen LogP contribution in [0.25, 0.3) is 21.3 Å². The van der Waals surface area contributed by atoms with Crippen molar-refractivity contribution in [2.24, 2.45) is 7.05 Å². The molecule has 0 saturated carbocycles. The zero-order valence-corrected chi connectivity index (χ0v) is 19.2. The second-order valence-corrected chi connectivity index (χ2v) is 8.83. The van der Waals surface area contributed by atoms with E-state index in [9.17, 15) is 18.0 Å². The summed E-state index contributed by atoms with van der Waals surface area (Å²) in [7, 11) is 1.81. The highest BCUT2D eigenvalue weighted by molar-refractivity contribution is 7.22. The summed E-state index contributed by atoms with van der Waals surface area (Å²) in [6.07, 6.45) is -4.94. The maximum Gasteiger partial charge on any atom is 0.573 e. The molecule has 2 aromatic carbocycles. The monoisotopic (exact) mass is 507 g/mol. The zero-order valence-electron chi connectivity index (χ0n) is 18.4. The Bertz CT molecular complexity index is 1380. The first-order valence-electron chi connectivity index (χ1n) is 10.6. The van der Waals surface area contributed by atoms with E-state index in [1.54, 1.807) is 29.8 Å². The van der Waals surface area contributed by atoms with Crippen molar-refractivity contribution in [2.45, 2.75) is 12.5 Å². The summed E-state index contributed by atoms with van der Waals surface area (Å²) >= 11 is 1.17. The highest BCUT2D eigenvalue weighted by Gasteiger charge is 2.31. The van der Waals surface area contributed by atoms with E-state index < -0.39 is 6.36 Å². The summed E-state index contributed by atoms with van der Waals surface area (Å²) in [5.41, 5.74) is 2.37. The fourth-order valence-electron chi connectivity index (χ4n) is 3.67. The van der Waals surface area contributed by atoms with Crippen molar-refractivity contribution in [3.05, 3.63) is 42.0 Å². The third kappa shape index (κ3) is 5.31. The van der Waals surface area contributed by atoms with Gasteiger partial charge in [-0.2, -0.15) is 0 Å². The molecule has 1 fully saturated rings. The largest absolute Gasteiger partial charge is 0.573 e. The molecule has 1 unspecified atom stereocenters. The van der Waals surface area contributed by atoms with Gasteiger partial charge in [0, 0.05) is 25.2 Å². The summed E-state index contributed by atoms with van der Waals surface area (Å²) in [6.45, 7) is 1.85. The van der Waals surface area contributed by atoms with E-state index in [2.05, 4.69) is 25.3 Å². The molecular weight excluding hydrogens is 487 g/mol. The van der Waals surface area contributed by atoms with Gasteiger partial charge in [0.15, 0.2) is 5.13 Å². The highest BCUT2D eigenvalue weighted by Crippen LogP contribution is 2.33. The zero-order chi connectivity index (χ0) is 24.6. The molecule has 0 aliphatic carbocycles. The molecule has 4 aromatic rings. The molecular formula is C22H20F3N5O4S. The molecule has 2 aromatic heterocycles. The average molecular weight is 507 g/mol. The van der Waals surface area contributed by atoms with E-state index >= 15 is 0 Å². The van der Waals surface area contributed by atoms with Gasteiger partial charge >= 0.3 is 6.36 Å². The van der Waals surface area contributed by atoms with Crippen LogP contribution < -0.4 is 15.4 Å². The maximum absolute atomic E-state index is 12.6. The minimum atomic E-state index is -4.76. The molecule has 13 heteroatoms. The smallest absolute Gasteiger partial charge is 0.406 e. The number of imidazole rings is 1. The van der Waals surface area contributed by atoms with Crippen molar-refractivity contribution in [2.75, 3.05) is 31.7 Å². The normalized spacial score (nSPS) is 16.5. The van der Waals surface area contributed by atoms with E-state index in [-0.39, 0.29) is 17.8 Å². The first kappa shape index (κ1) is 23.3. The van der Waals surface area contributed by atoms with Crippen molar-refractivity contribution >= 4 is 49.6 Å². The number of thiazole rings is 1. The van der Waals surface area contributed by atoms with Gasteiger partial charge in [-0.3, -0.25) is 4.79 Å². The van der Waals surface area contributed by atoms with Gasteiger partial charge in [-0.05, 0) is 30.3 Å². The molecule has 184 valence electrons. The number of nitrogens with zero attached hydrogens (tertiary/aromatic N) is 3. The third-order valence-corrected chi connectivity index (χ3v) is 6.26. The molecule has 1 atom stereocenters. The summed E-state index contributed by atoms with van der Waals surface area (Å²) in [5.74, 6) is -0.0864. The lowest BCUT2D eigenvalue weighted by Crippen LogP contribution is -2.39. The second-order valence-electron chi connectivity index (χ2n) is 7.80. The lowest BCUT2D eigenvalue weighted by Gasteiger charge is -2.23. The molecule has 9 nitrogen and oxygen atoms in total. The van der Waals surface area contributed by atoms with Crippen LogP contribution in [0.3, 0.4) is 0 Å². The highest BCUT2D eigenvalue weighted by atomic mass is 32.1. The predicted molar refractivity (Wildman–Crippen MR) is 123 cm³/mol. The van der Waals surface area contributed by atoms with Gasteiger partial charge in [0.1, 0.15) is 5.75 Å². The van der Waals surface area contributed by atoms with E-state index in [0.717, 1.165) is 5.52 Å². The van der Waals surface area contributed by atoms with Crippen LogP contribution in [0.5, 0.6) is 5.75 Å². The molecule has 1 saturated heterocycles. The van der Waals surface area contributed by atoms with Crippen LogP contribution in [0.2, 0.25) is 0 Å². The van der Waals surface area contributed by atoms with Crippen LogP contribution in [-0.2, 0) is 16.5 Å². The number of carbonyl (C=O) groups excluding carboxylic acids is 1. The maximum atomic E-state index is 12.6. The molecule has 1 amide bonds. The number of hydrogen-bond donors (Lipinski definition) is 2. The topological polar surface area (TPSA) is 99.5 Å². The van der Waals surface area contributed by atoms with Crippen molar-refractivity contribution in [3.63, 3.8) is 0 Å². The molecule has 3 heterocycles. The molecule has 1 aliphatic heterocycles. The molecule has 2 N–H and O–H groups in total. The van der Waals surface area contributed by atoms with E-state index in [0.29, 0.717) is 58.7 Å². The Balaban J connectivity index is 1.32. The van der Waals surface area contributed by atoms with Gasteiger partial charge in [0.05, 0.1) is 47.2 Å². The standard InChI is InChI=1S/C22H20F3N5O4S/c1-30-17-5-2-12(19(31)26-10-14-11-32-6-7-33-14)8-16(17)27-20(30)29-21-28-15-4-3-13(9-18(15)35-21)34-22(23,24)25/h2-5,8-9,14H,6-7,10-11H2,1H3,(H,26,31)(H,27,28,29). The fraction of sp³-hybridized carbons (Fsp3) is 0.318. The second kappa shape index (κ2) is 9.32. The minimum absolute atomic E-state index is 0.174. The van der Waals surface area contributed by atoms with E-state index in [1.165, 1.54) is 29.5 Å². The Labute approximate surface area is 200 Å². The lowest BCUT2D eigenvalue weighted by atomic mass is 10.2. The number of hydrogen-bond acceptors (Lipinski definition) is 8. The van der Waals surface area contributed by atoms with E-state index in [4.69, 9.17) is 9.47 Å². The number of anilines is 2. The third-order valence-electron chi connectivity index (χ3n) is 5.33. The van der Waals surface area contributed by atoms with Gasteiger partial charge in [-0.15, -0.1) is 13.2 Å². The first-order valence-corrected chi connectivity index (χ1v) is 11.4. The fourth-order valence-corrected chi connectivity index (χ4v) is 4.56. The number of alkyl halides is 3. The summed E-state index contributed by atoms with van der Waals surface area (Å²) in [6, 6.07) is 9.16. The molecule has 5 rings (SSSR count). The SMILES string of the molecule is Cn1c(Nc2nc3ccc(OC(F)(F)F)cc3s2)nc2cc(C(=O)NCC3COCCO3)ccc21. The number of aryl methyl sites for hydroxylation is 1. The molecule has 0 spiro atoms. The first-order chi connectivity index (χ1) is 16.7. The number of fused-ring (bicyclic) bond motifs is 2. The van der Waals surface area contributed by atoms with Crippen molar-refractivity contribution in [1.29, 1.82) is 0 Å². The summed E-state index contributed by atoms with van der Waals surface area (Å²) in [5, 5.41) is 6.40. The van der Waals surface area contributed by atoms with Gasteiger partial charge in [-0.25, -0.2) is 9.97 Å². The Morgan fingerprint density at radius 3 is 2.83 bits per heavy atom.